The van der Waals surface area contributed by atoms with E-state index in [1.807, 2.05) is 28.0 Å². The number of hydrogen-bond donors (Lipinski definition) is 1. The second kappa shape index (κ2) is 9.02. The molecule has 4 aliphatic rings. The first kappa shape index (κ1) is 22.7. The molecule has 1 amide bonds. The topological polar surface area (TPSA) is 60.9 Å². The van der Waals surface area contributed by atoms with Crippen molar-refractivity contribution in [1.82, 2.24) is 9.88 Å². The van der Waals surface area contributed by atoms with Crippen LogP contribution in [0.3, 0.4) is 0 Å². The van der Waals surface area contributed by atoms with Gasteiger partial charge in [-0.2, -0.15) is 0 Å². The molecule has 3 aliphatic heterocycles. The van der Waals surface area contributed by atoms with Gasteiger partial charge in [0.1, 0.15) is 5.82 Å². The molecular weight excluding hydrogens is 452 g/mol. The van der Waals surface area contributed by atoms with E-state index >= 15 is 0 Å². The third-order valence-electron chi connectivity index (χ3n) is 7.82. The number of alkyl halides is 2. The molecule has 0 unspecified atom stereocenters. The number of carbonyl (C=O) groups is 1. The fourth-order valence-electron chi connectivity index (χ4n) is 5.84. The molecule has 9 heteroatoms. The molecule has 0 atom stereocenters. The Morgan fingerprint density at radius 1 is 1.09 bits per heavy atom. The number of aromatic nitrogens is 1. The monoisotopic (exact) mass is 483 g/mol. The molecule has 1 saturated carbocycles. The number of nitrogens with zero attached hydrogens (tertiary/aromatic N) is 4. The summed E-state index contributed by atoms with van der Waals surface area (Å²) in [7, 11) is 0. The predicted octanol–water partition coefficient (Wildman–Crippen LogP) is 4.02. The molecule has 2 saturated heterocycles. The molecule has 6 rings (SSSR count). The molecule has 1 aliphatic carbocycles. The summed E-state index contributed by atoms with van der Waals surface area (Å²) < 4.78 is 32.2. The van der Waals surface area contributed by atoms with Gasteiger partial charge >= 0.3 is 0 Å². The summed E-state index contributed by atoms with van der Waals surface area (Å²) in [5, 5.41) is 3.44. The summed E-state index contributed by atoms with van der Waals surface area (Å²) in [5.41, 5.74) is 3.78. The molecule has 4 heterocycles. The van der Waals surface area contributed by atoms with Gasteiger partial charge in [0.15, 0.2) is 0 Å². The molecule has 35 heavy (non-hydrogen) atoms. The number of rotatable bonds is 3. The number of ether oxygens (including phenoxy) is 1. The maximum Gasteiger partial charge on any atom is 0.272 e. The van der Waals surface area contributed by atoms with Crippen molar-refractivity contribution in [2.24, 2.45) is 5.92 Å². The van der Waals surface area contributed by atoms with Crippen molar-refractivity contribution >= 4 is 28.8 Å². The van der Waals surface area contributed by atoms with Crippen molar-refractivity contribution in [2.75, 3.05) is 54.5 Å². The molecule has 186 valence electrons. The minimum absolute atomic E-state index is 0.105. The minimum atomic E-state index is -2.55. The van der Waals surface area contributed by atoms with E-state index in [0.29, 0.717) is 19.8 Å². The number of morpholine rings is 1. The first-order valence-electron chi connectivity index (χ1n) is 12.6. The highest BCUT2D eigenvalue weighted by Crippen LogP contribution is 2.41. The van der Waals surface area contributed by atoms with Crippen molar-refractivity contribution in [3.05, 3.63) is 42.1 Å². The number of halogens is 2. The zero-order chi connectivity index (χ0) is 24.0. The summed E-state index contributed by atoms with van der Waals surface area (Å²) >= 11 is 0. The van der Waals surface area contributed by atoms with Gasteiger partial charge in [-0.3, -0.25) is 9.69 Å². The summed E-state index contributed by atoms with van der Waals surface area (Å²) in [6.07, 6.45) is 4.79. The fraction of sp³-hybridized carbons (Fsp3) is 0.538. The number of likely N-dealkylation sites (tertiary alicyclic amines) is 1. The van der Waals surface area contributed by atoms with Crippen LogP contribution >= 0.6 is 0 Å². The SMILES string of the molecule is O=C(C1CCC(N2CC(F)(F)C2)CC1)N1Cc2cccnc2Nc2ccc(N3CCOCC3)cc21. The van der Waals surface area contributed by atoms with E-state index in [9.17, 15) is 13.6 Å². The van der Waals surface area contributed by atoms with Crippen LogP contribution in [0.15, 0.2) is 36.5 Å². The lowest BCUT2D eigenvalue weighted by Gasteiger charge is -2.46. The smallest absolute Gasteiger partial charge is 0.272 e. The van der Waals surface area contributed by atoms with E-state index in [4.69, 9.17) is 4.74 Å². The highest BCUT2D eigenvalue weighted by molar-refractivity contribution is 6.00. The van der Waals surface area contributed by atoms with E-state index < -0.39 is 5.92 Å². The summed E-state index contributed by atoms with van der Waals surface area (Å²) in [6.45, 7) is 3.19. The van der Waals surface area contributed by atoms with Gasteiger partial charge in [-0.05, 0) is 49.9 Å². The van der Waals surface area contributed by atoms with Crippen molar-refractivity contribution < 1.29 is 18.3 Å². The second-order valence-corrected chi connectivity index (χ2v) is 10.1. The lowest BCUT2D eigenvalue weighted by Crippen LogP contribution is -2.60. The maximum atomic E-state index is 13.9. The second-order valence-electron chi connectivity index (χ2n) is 10.1. The van der Waals surface area contributed by atoms with E-state index in [-0.39, 0.29) is 31.0 Å². The standard InChI is InChI=1S/C26H31F2N5O2/c27-26(28)16-32(17-26)20-5-3-18(4-6-20)25(34)33-15-19-2-1-9-29-24(19)30-22-8-7-21(14-23(22)33)31-10-12-35-13-11-31/h1-2,7-9,14,18,20H,3-6,10-13,15-17H2,(H,29,30). The van der Waals surface area contributed by atoms with Gasteiger partial charge in [-0.25, -0.2) is 13.8 Å². The number of pyridine rings is 1. The number of carbonyl (C=O) groups excluding carboxylic acids is 1. The molecule has 0 spiro atoms. The first-order chi connectivity index (χ1) is 17.0. The Hall–Kier alpha value is -2.78. The van der Waals surface area contributed by atoms with Crippen molar-refractivity contribution in [1.29, 1.82) is 0 Å². The van der Waals surface area contributed by atoms with Gasteiger partial charge in [-0.15, -0.1) is 0 Å². The lowest BCUT2D eigenvalue weighted by atomic mass is 9.83. The van der Waals surface area contributed by atoms with Crippen LogP contribution < -0.4 is 15.1 Å². The third-order valence-corrected chi connectivity index (χ3v) is 7.82. The zero-order valence-corrected chi connectivity index (χ0v) is 19.8. The average Bonchev–Trinajstić information content (AvgIpc) is 3.04. The Bertz CT molecular complexity index is 1090. The van der Waals surface area contributed by atoms with Crippen LogP contribution in [0.25, 0.3) is 0 Å². The predicted molar refractivity (Wildman–Crippen MR) is 130 cm³/mol. The van der Waals surface area contributed by atoms with Crippen LogP contribution in [0.4, 0.5) is 31.7 Å². The Morgan fingerprint density at radius 3 is 2.60 bits per heavy atom. The van der Waals surface area contributed by atoms with Crippen LogP contribution in [-0.4, -0.2) is 67.1 Å². The highest BCUT2D eigenvalue weighted by atomic mass is 19.3. The number of benzene rings is 1. The minimum Gasteiger partial charge on any atom is -0.378 e. The van der Waals surface area contributed by atoms with E-state index in [0.717, 1.165) is 67.2 Å². The average molecular weight is 484 g/mol. The molecule has 1 N–H and O–H groups in total. The van der Waals surface area contributed by atoms with Gasteiger partial charge in [0, 0.05) is 42.5 Å². The van der Waals surface area contributed by atoms with Crippen LogP contribution in [-0.2, 0) is 16.1 Å². The Kier molecular flexibility index (Phi) is 5.84. The van der Waals surface area contributed by atoms with Crippen LogP contribution in [0.1, 0.15) is 31.2 Å². The van der Waals surface area contributed by atoms with Crippen LogP contribution in [0.2, 0.25) is 0 Å². The molecule has 0 bridgehead atoms. The van der Waals surface area contributed by atoms with Crippen molar-refractivity contribution in [3.63, 3.8) is 0 Å². The lowest BCUT2D eigenvalue weighted by molar-refractivity contribution is -0.152. The molecule has 1 aromatic heterocycles. The molecule has 1 aromatic carbocycles. The van der Waals surface area contributed by atoms with E-state index in [1.54, 1.807) is 6.20 Å². The number of fused-ring (bicyclic) bond motifs is 2. The van der Waals surface area contributed by atoms with E-state index in [2.05, 4.69) is 27.3 Å². The molecule has 3 fully saturated rings. The Morgan fingerprint density at radius 2 is 1.86 bits per heavy atom. The largest absolute Gasteiger partial charge is 0.378 e. The third kappa shape index (κ3) is 4.47. The van der Waals surface area contributed by atoms with Gasteiger partial charge in [0.05, 0.1) is 44.2 Å². The summed E-state index contributed by atoms with van der Waals surface area (Å²) in [4.78, 5) is 24.5. The van der Waals surface area contributed by atoms with Gasteiger partial charge < -0.3 is 19.9 Å². The highest BCUT2D eigenvalue weighted by Gasteiger charge is 2.47. The summed E-state index contributed by atoms with van der Waals surface area (Å²) in [6, 6.07) is 10.3. The first-order valence-corrected chi connectivity index (χ1v) is 12.6. The Labute approximate surface area is 204 Å². The van der Waals surface area contributed by atoms with Gasteiger partial charge in [0.2, 0.25) is 5.91 Å². The maximum absolute atomic E-state index is 13.9. The van der Waals surface area contributed by atoms with Gasteiger partial charge in [0.25, 0.3) is 5.92 Å². The van der Waals surface area contributed by atoms with Gasteiger partial charge in [-0.1, -0.05) is 6.07 Å². The molecule has 2 aromatic rings. The molecule has 0 radical (unpaired) electrons. The molecular formula is C26H31F2N5O2. The van der Waals surface area contributed by atoms with Crippen molar-refractivity contribution in [3.8, 4) is 0 Å². The van der Waals surface area contributed by atoms with E-state index in [1.165, 1.54) is 0 Å². The number of amides is 1. The zero-order valence-electron chi connectivity index (χ0n) is 19.8. The normalized spacial score (nSPS) is 26.1. The number of nitrogens with one attached hydrogen (secondary N) is 1. The Balaban J connectivity index is 1.25. The fourth-order valence-corrected chi connectivity index (χ4v) is 5.84. The summed E-state index contributed by atoms with van der Waals surface area (Å²) in [5.74, 6) is -1.78. The molecule has 7 nitrogen and oxygen atoms in total. The number of hydrogen-bond acceptors (Lipinski definition) is 6. The van der Waals surface area contributed by atoms with Crippen LogP contribution in [0.5, 0.6) is 0 Å². The quantitative estimate of drug-likeness (QED) is 0.712. The van der Waals surface area contributed by atoms with Crippen molar-refractivity contribution in [2.45, 2.75) is 44.2 Å². The number of anilines is 4. The van der Waals surface area contributed by atoms with Crippen LogP contribution in [0, 0.1) is 5.92 Å².